The number of fused-ring (bicyclic) bond motifs is 1. The van der Waals surface area contributed by atoms with Gasteiger partial charge in [-0.2, -0.15) is 0 Å². The first-order valence-corrected chi connectivity index (χ1v) is 6.25. The summed E-state index contributed by atoms with van der Waals surface area (Å²) in [6.07, 6.45) is 0. The van der Waals surface area contributed by atoms with Crippen LogP contribution in [0.4, 0.5) is 5.69 Å². The summed E-state index contributed by atoms with van der Waals surface area (Å²) >= 11 is 0. The van der Waals surface area contributed by atoms with Gasteiger partial charge in [0.05, 0.1) is 12.8 Å². The molecule has 3 aromatic rings. The lowest BCUT2D eigenvalue weighted by Crippen LogP contribution is -2.05. The van der Waals surface area contributed by atoms with E-state index in [1.165, 1.54) is 0 Å². The van der Waals surface area contributed by atoms with E-state index in [1.54, 1.807) is 25.3 Å². The first-order chi connectivity index (χ1) is 9.69. The number of benzene rings is 2. The zero-order chi connectivity index (χ0) is 14.1. The number of aromatic nitrogens is 1. The van der Waals surface area contributed by atoms with Crippen molar-refractivity contribution in [1.29, 1.82) is 0 Å². The van der Waals surface area contributed by atoms with Crippen LogP contribution in [0.15, 0.2) is 48.5 Å². The maximum Gasteiger partial charge on any atom is 0.211 e. The van der Waals surface area contributed by atoms with Gasteiger partial charge in [0.1, 0.15) is 5.75 Å². The van der Waals surface area contributed by atoms with E-state index in [2.05, 4.69) is 4.98 Å². The summed E-state index contributed by atoms with van der Waals surface area (Å²) in [4.78, 5) is 15.6. The quantitative estimate of drug-likeness (QED) is 0.565. The molecule has 1 heterocycles. The molecule has 4 nitrogen and oxygen atoms in total. The minimum atomic E-state index is -0.113. The number of ether oxygens (including phenoxy) is 1. The molecule has 0 radical (unpaired) electrons. The Labute approximate surface area is 116 Å². The molecule has 0 aliphatic heterocycles. The number of para-hydroxylation sites is 1. The predicted molar refractivity (Wildman–Crippen MR) is 79.1 cm³/mol. The maximum atomic E-state index is 12.4. The fraction of sp³-hybridized carbons (Fsp3) is 0.0625. The first-order valence-electron chi connectivity index (χ1n) is 6.25. The second kappa shape index (κ2) is 4.74. The smallest absolute Gasteiger partial charge is 0.211 e. The average molecular weight is 266 g/mol. The SMILES string of the molecule is COc1ccc2[nH]c(C(=O)c3ccccc3N)cc2c1. The summed E-state index contributed by atoms with van der Waals surface area (Å²) in [6.45, 7) is 0. The molecule has 0 spiro atoms. The van der Waals surface area contributed by atoms with Gasteiger partial charge in [0.2, 0.25) is 5.78 Å². The Kier molecular flexibility index (Phi) is 2.91. The molecule has 0 atom stereocenters. The highest BCUT2D eigenvalue weighted by molar-refractivity contribution is 6.12. The van der Waals surface area contributed by atoms with Crippen molar-refractivity contribution in [1.82, 2.24) is 4.98 Å². The first kappa shape index (κ1) is 12.3. The predicted octanol–water partition coefficient (Wildman–Crippen LogP) is 2.99. The number of rotatable bonds is 3. The van der Waals surface area contributed by atoms with Gasteiger partial charge in [-0.05, 0) is 36.4 Å². The minimum Gasteiger partial charge on any atom is -0.497 e. The Morgan fingerprint density at radius 3 is 2.70 bits per heavy atom. The van der Waals surface area contributed by atoms with E-state index in [0.717, 1.165) is 16.7 Å². The third-order valence-electron chi connectivity index (χ3n) is 3.28. The third kappa shape index (κ3) is 2.01. The Morgan fingerprint density at radius 1 is 1.15 bits per heavy atom. The molecule has 2 aromatic carbocycles. The Morgan fingerprint density at radius 2 is 1.95 bits per heavy atom. The van der Waals surface area contributed by atoms with E-state index in [0.29, 0.717) is 16.9 Å². The number of carbonyl (C=O) groups excluding carboxylic acids is 1. The van der Waals surface area contributed by atoms with Crippen LogP contribution in [0.3, 0.4) is 0 Å². The molecular weight excluding hydrogens is 252 g/mol. The molecule has 3 N–H and O–H groups in total. The highest BCUT2D eigenvalue weighted by Gasteiger charge is 2.14. The van der Waals surface area contributed by atoms with Crippen LogP contribution in [-0.2, 0) is 0 Å². The summed E-state index contributed by atoms with van der Waals surface area (Å²) in [6, 6.07) is 14.5. The van der Waals surface area contributed by atoms with Gasteiger partial charge in [0.15, 0.2) is 0 Å². The van der Waals surface area contributed by atoms with E-state index in [1.807, 2.05) is 30.3 Å². The molecule has 3 rings (SSSR count). The van der Waals surface area contributed by atoms with Crippen LogP contribution in [0.25, 0.3) is 10.9 Å². The monoisotopic (exact) mass is 266 g/mol. The molecule has 0 aliphatic carbocycles. The van der Waals surface area contributed by atoms with Crippen molar-refractivity contribution >= 4 is 22.4 Å². The van der Waals surface area contributed by atoms with Gasteiger partial charge in [-0.25, -0.2) is 0 Å². The molecule has 0 aliphatic rings. The largest absolute Gasteiger partial charge is 0.497 e. The third-order valence-corrected chi connectivity index (χ3v) is 3.28. The number of H-pyrrole nitrogens is 1. The molecule has 1 aromatic heterocycles. The normalized spacial score (nSPS) is 10.7. The number of methoxy groups -OCH3 is 1. The number of nitrogen functional groups attached to an aromatic ring is 1. The zero-order valence-corrected chi connectivity index (χ0v) is 11.0. The molecule has 0 amide bonds. The summed E-state index contributed by atoms with van der Waals surface area (Å²) < 4.78 is 5.18. The second-order valence-electron chi connectivity index (χ2n) is 4.55. The Bertz CT molecular complexity index is 790. The van der Waals surface area contributed by atoms with Crippen molar-refractivity contribution in [2.45, 2.75) is 0 Å². The topological polar surface area (TPSA) is 68.1 Å². The van der Waals surface area contributed by atoms with E-state index < -0.39 is 0 Å². The summed E-state index contributed by atoms with van der Waals surface area (Å²) in [5, 5.41) is 0.933. The molecule has 4 heteroatoms. The van der Waals surface area contributed by atoms with Crippen molar-refractivity contribution < 1.29 is 9.53 Å². The number of anilines is 1. The fourth-order valence-corrected chi connectivity index (χ4v) is 2.21. The molecule has 20 heavy (non-hydrogen) atoms. The van der Waals surface area contributed by atoms with Crippen molar-refractivity contribution in [3.8, 4) is 5.75 Å². The number of hydrogen-bond donors (Lipinski definition) is 2. The van der Waals surface area contributed by atoms with Gasteiger partial charge < -0.3 is 15.5 Å². The van der Waals surface area contributed by atoms with Gasteiger partial charge in [0.25, 0.3) is 0 Å². The van der Waals surface area contributed by atoms with E-state index in [4.69, 9.17) is 10.5 Å². The van der Waals surface area contributed by atoms with Crippen LogP contribution >= 0.6 is 0 Å². The summed E-state index contributed by atoms with van der Waals surface area (Å²) in [5.74, 6) is 0.646. The van der Waals surface area contributed by atoms with Crippen molar-refractivity contribution in [2.75, 3.05) is 12.8 Å². The van der Waals surface area contributed by atoms with E-state index in [-0.39, 0.29) is 5.78 Å². The minimum absolute atomic E-state index is 0.113. The van der Waals surface area contributed by atoms with Gasteiger partial charge in [0, 0.05) is 22.2 Å². The number of nitrogens with two attached hydrogens (primary N) is 1. The number of ketones is 1. The highest BCUT2D eigenvalue weighted by Crippen LogP contribution is 2.23. The maximum absolute atomic E-state index is 12.4. The lowest BCUT2D eigenvalue weighted by atomic mass is 10.1. The lowest BCUT2D eigenvalue weighted by Gasteiger charge is -2.01. The molecule has 100 valence electrons. The number of aromatic amines is 1. The van der Waals surface area contributed by atoms with Crippen LogP contribution in [0, 0.1) is 0 Å². The van der Waals surface area contributed by atoms with Crippen LogP contribution in [0.5, 0.6) is 5.75 Å². The standard InChI is InChI=1S/C16H14N2O2/c1-20-11-6-7-14-10(8-11)9-15(18-14)16(19)12-4-2-3-5-13(12)17/h2-9,18H,17H2,1H3. The van der Waals surface area contributed by atoms with Gasteiger partial charge in [-0.3, -0.25) is 4.79 Å². The number of nitrogens with one attached hydrogen (secondary N) is 1. The Hall–Kier alpha value is -2.75. The fourth-order valence-electron chi connectivity index (χ4n) is 2.21. The van der Waals surface area contributed by atoms with Crippen molar-refractivity contribution in [2.24, 2.45) is 0 Å². The summed E-state index contributed by atoms with van der Waals surface area (Å²) in [5.41, 5.74) is 8.24. The molecule has 0 unspecified atom stereocenters. The van der Waals surface area contributed by atoms with Crippen LogP contribution in [-0.4, -0.2) is 17.9 Å². The van der Waals surface area contributed by atoms with E-state index >= 15 is 0 Å². The number of hydrogen-bond acceptors (Lipinski definition) is 3. The van der Waals surface area contributed by atoms with Gasteiger partial charge in [-0.15, -0.1) is 0 Å². The van der Waals surface area contributed by atoms with Crippen molar-refractivity contribution in [3.63, 3.8) is 0 Å². The zero-order valence-electron chi connectivity index (χ0n) is 11.0. The van der Waals surface area contributed by atoms with Crippen LogP contribution in [0.1, 0.15) is 16.1 Å². The number of carbonyl (C=O) groups is 1. The molecule has 0 saturated carbocycles. The summed E-state index contributed by atoms with van der Waals surface area (Å²) in [7, 11) is 1.62. The van der Waals surface area contributed by atoms with Gasteiger partial charge in [-0.1, -0.05) is 12.1 Å². The van der Waals surface area contributed by atoms with Crippen LogP contribution < -0.4 is 10.5 Å². The molecule has 0 saturated heterocycles. The second-order valence-corrected chi connectivity index (χ2v) is 4.55. The molecule has 0 fully saturated rings. The van der Waals surface area contributed by atoms with Gasteiger partial charge >= 0.3 is 0 Å². The van der Waals surface area contributed by atoms with Crippen LogP contribution in [0.2, 0.25) is 0 Å². The lowest BCUT2D eigenvalue weighted by molar-refractivity contribution is 0.103. The average Bonchev–Trinajstić information content (AvgIpc) is 2.89. The molecular formula is C16H14N2O2. The van der Waals surface area contributed by atoms with Crippen molar-refractivity contribution in [3.05, 3.63) is 59.8 Å². The molecule has 0 bridgehead atoms. The Balaban J connectivity index is 2.06. The highest BCUT2D eigenvalue weighted by atomic mass is 16.5. The van der Waals surface area contributed by atoms with E-state index in [9.17, 15) is 4.79 Å².